The number of carbonyl (C=O) groups is 2. The molecule has 8 nitrogen and oxygen atoms in total. The highest BCUT2D eigenvalue weighted by molar-refractivity contribution is 6.05. The quantitative estimate of drug-likeness (QED) is 0.407. The number of amidine groups is 1. The van der Waals surface area contributed by atoms with Crippen LogP contribution < -0.4 is 19.9 Å². The maximum atomic E-state index is 13.4. The third kappa shape index (κ3) is 5.50. The van der Waals surface area contributed by atoms with Crippen LogP contribution in [0.2, 0.25) is 0 Å². The zero-order chi connectivity index (χ0) is 25.0. The monoisotopic (exact) mass is 467 g/mol. The summed E-state index contributed by atoms with van der Waals surface area (Å²) in [4.78, 5) is 26.1. The van der Waals surface area contributed by atoms with Gasteiger partial charge in [-0.2, -0.15) is 0 Å². The molecule has 0 spiro atoms. The van der Waals surface area contributed by atoms with Crippen LogP contribution in [0.3, 0.4) is 0 Å². The summed E-state index contributed by atoms with van der Waals surface area (Å²) in [6.07, 6.45) is 0.684. The molecule has 0 aromatic heterocycles. The highest BCUT2D eigenvalue weighted by Gasteiger charge is 2.29. The molecule has 3 rings (SSSR count). The van der Waals surface area contributed by atoms with E-state index in [4.69, 9.17) is 25.4 Å². The van der Waals surface area contributed by atoms with E-state index in [0.29, 0.717) is 35.9 Å². The molecular formula is C26H33N3O5. The second kappa shape index (κ2) is 10.2. The van der Waals surface area contributed by atoms with E-state index in [0.717, 1.165) is 22.4 Å². The summed E-state index contributed by atoms with van der Waals surface area (Å²) in [5.74, 6) is 1.55. The number of benzene rings is 2. The molecule has 2 aromatic carbocycles. The number of ketones is 1. The van der Waals surface area contributed by atoms with Crippen molar-refractivity contribution in [3.05, 3.63) is 52.6 Å². The van der Waals surface area contributed by atoms with Crippen molar-refractivity contribution in [1.29, 1.82) is 5.41 Å². The molecule has 0 aliphatic carbocycles. The molecule has 1 aliphatic heterocycles. The summed E-state index contributed by atoms with van der Waals surface area (Å²) < 4.78 is 16.9. The van der Waals surface area contributed by atoms with Crippen LogP contribution >= 0.6 is 0 Å². The molecule has 0 bridgehead atoms. The Morgan fingerprint density at radius 1 is 1.12 bits per heavy atom. The topological polar surface area (TPSA) is 115 Å². The number of rotatable bonds is 10. The minimum absolute atomic E-state index is 0.0624. The summed E-state index contributed by atoms with van der Waals surface area (Å²) in [6.45, 7) is 6.92. The van der Waals surface area contributed by atoms with Crippen LogP contribution in [0.15, 0.2) is 30.3 Å². The molecule has 1 aliphatic rings. The number of hydrogen-bond acceptors (Lipinski definition) is 6. The molecule has 34 heavy (non-hydrogen) atoms. The summed E-state index contributed by atoms with van der Waals surface area (Å²) in [5.41, 5.74) is 8.00. The molecule has 0 fully saturated rings. The van der Waals surface area contributed by atoms with Crippen LogP contribution in [0, 0.1) is 5.41 Å². The van der Waals surface area contributed by atoms with E-state index in [-0.39, 0.29) is 36.7 Å². The van der Waals surface area contributed by atoms with Crippen molar-refractivity contribution in [2.24, 2.45) is 5.73 Å². The standard InChI is InChI=1S/C26H33N3O5/c1-26(2,3)20-12-16(13-22(24(20)33-5)34-10-6-7-23(27)31)21(30)15-29-14-17-11-18(32-4)8-9-19(17)25(29)28/h8-9,11-13,28H,6-7,10,14-15H2,1-5H3,(H2,27,31). The Hall–Kier alpha value is -3.55. The Morgan fingerprint density at radius 2 is 1.85 bits per heavy atom. The van der Waals surface area contributed by atoms with Gasteiger partial charge in [-0.3, -0.25) is 15.0 Å². The first-order valence-electron chi connectivity index (χ1n) is 11.2. The van der Waals surface area contributed by atoms with E-state index in [2.05, 4.69) is 0 Å². The molecule has 3 N–H and O–H groups in total. The number of hydrogen-bond donors (Lipinski definition) is 2. The number of nitrogens with zero attached hydrogens (tertiary/aromatic N) is 1. The van der Waals surface area contributed by atoms with Gasteiger partial charge in [-0.25, -0.2) is 0 Å². The van der Waals surface area contributed by atoms with Crippen LogP contribution in [0.4, 0.5) is 0 Å². The molecule has 2 aromatic rings. The maximum Gasteiger partial charge on any atom is 0.217 e. The minimum Gasteiger partial charge on any atom is -0.497 e. The fraction of sp³-hybridized carbons (Fsp3) is 0.423. The summed E-state index contributed by atoms with van der Waals surface area (Å²) in [7, 11) is 3.17. The molecule has 0 saturated carbocycles. The van der Waals surface area contributed by atoms with E-state index in [9.17, 15) is 9.59 Å². The average molecular weight is 468 g/mol. The van der Waals surface area contributed by atoms with E-state index >= 15 is 0 Å². The van der Waals surface area contributed by atoms with Gasteiger partial charge in [0.05, 0.1) is 27.4 Å². The predicted octanol–water partition coefficient (Wildman–Crippen LogP) is 3.67. The van der Waals surface area contributed by atoms with Crippen molar-refractivity contribution >= 4 is 17.5 Å². The molecule has 1 amide bonds. The number of methoxy groups -OCH3 is 2. The Bertz CT molecular complexity index is 1100. The Morgan fingerprint density at radius 3 is 2.47 bits per heavy atom. The third-order valence-electron chi connectivity index (χ3n) is 5.79. The van der Waals surface area contributed by atoms with E-state index in [1.165, 1.54) is 0 Å². The van der Waals surface area contributed by atoms with Gasteiger partial charge in [0.15, 0.2) is 17.3 Å². The van der Waals surface area contributed by atoms with Crippen molar-refractivity contribution in [1.82, 2.24) is 4.90 Å². The number of carbonyl (C=O) groups excluding carboxylic acids is 2. The highest BCUT2D eigenvalue weighted by atomic mass is 16.5. The van der Waals surface area contributed by atoms with Gasteiger partial charge >= 0.3 is 0 Å². The first-order valence-corrected chi connectivity index (χ1v) is 11.2. The lowest BCUT2D eigenvalue weighted by Crippen LogP contribution is -2.30. The number of primary amides is 1. The summed E-state index contributed by atoms with van der Waals surface area (Å²) >= 11 is 0. The number of nitrogens with two attached hydrogens (primary N) is 1. The Kier molecular flexibility index (Phi) is 7.49. The molecule has 8 heteroatoms. The predicted molar refractivity (Wildman–Crippen MR) is 130 cm³/mol. The lowest BCUT2D eigenvalue weighted by Gasteiger charge is -2.25. The number of fused-ring (bicyclic) bond motifs is 1. The van der Waals surface area contributed by atoms with Crippen LogP contribution in [0.5, 0.6) is 17.2 Å². The van der Waals surface area contributed by atoms with Crippen molar-refractivity contribution in [3.8, 4) is 17.2 Å². The minimum atomic E-state index is -0.387. The second-order valence-electron chi connectivity index (χ2n) is 9.37. The number of Topliss-reactive ketones (excluding diaryl/α,β-unsaturated/α-hetero) is 1. The summed E-state index contributed by atoms with van der Waals surface area (Å²) in [5, 5.41) is 8.52. The van der Waals surface area contributed by atoms with Gasteiger partial charge in [-0.15, -0.1) is 0 Å². The summed E-state index contributed by atoms with van der Waals surface area (Å²) in [6, 6.07) is 9.09. The maximum absolute atomic E-state index is 13.4. The van der Waals surface area contributed by atoms with Gasteiger partial charge in [0, 0.05) is 29.7 Å². The molecule has 0 atom stereocenters. The SMILES string of the molecule is COc1ccc2c(c1)CN(CC(=O)c1cc(OCCCC(N)=O)c(OC)c(C(C)(C)C)c1)C2=N. The molecule has 182 valence electrons. The molecule has 1 heterocycles. The van der Waals surface area contributed by atoms with Crippen molar-refractivity contribution in [2.45, 2.75) is 45.6 Å². The van der Waals surface area contributed by atoms with Crippen LogP contribution in [0.25, 0.3) is 0 Å². The van der Waals surface area contributed by atoms with Crippen molar-refractivity contribution in [3.63, 3.8) is 0 Å². The molecular weight excluding hydrogens is 434 g/mol. The number of ether oxygens (including phenoxy) is 3. The van der Waals surface area contributed by atoms with Gasteiger partial charge in [-0.05, 0) is 47.7 Å². The van der Waals surface area contributed by atoms with Crippen LogP contribution in [-0.4, -0.2) is 49.8 Å². The van der Waals surface area contributed by atoms with Gasteiger partial charge in [0.25, 0.3) is 0 Å². The lowest BCUT2D eigenvalue weighted by molar-refractivity contribution is -0.118. The van der Waals surface area contributed by atoms with Gasteiger partial charge in [0.2, 0.25) is 5.91 Å². The first-order chi connectivity index (χ1) is 16.0. The smallest absolute Gasteiger partial charge is 0.217 e. The van der Waals surface area contributed by atoms with E-state index in [1.54, 1.807) is 25.2 Å². The largest absolute Gasteiger partial charge is 0.497 e. The van der Waals surface area contributed by atoms with Crippen LogP contribution in [0.1, 0.15) is 60.7 Å². The fourth-order valence-corrected chi connectivity index (χ4v) is 3.98. The van der Waals surface area contributed by atoms with Gasteiger partial charge in [0.1, 0.15) is 11.6 Å². The molecule has 0 unspecified atom stereocenters. The second-order valence-corrected chi connectivity index (χ2v) is 9.37. The molecule has 0 saturated heterocycles. The highest BCUT2D eigenvalue weighted by Crippen LogP contribution is 2.40. The lowest BCUT2D eigenvalue weighted by atomic mass is 9.84. The van der Waals surface area contributed by atoms with Crippen LogP contribution in [-0.2, 0) is 16.8 Å². The van der Waals surface area contributed by atoms with E-state index in [1.807, 2.05) is 45.0 Å². The van der Waals surface area contributed by atoms with Gasteiger partial charge in [-0.1, -0.05) is 20.8 Å². The first kappa shape index (κ1) is 25.1. The zero-order valence-electron chi connectivity index (χ0n) is 20.5. The average Bonchev–Trinajstić information content (AvgIpc) is 3.09. The number of nitrogens with one attached hydrogen (secondary N) is 1. The zero-order valence-corrected chi connectivity index (χ0v) is 20.5. The van der Waals surface area contributed by atoms with E-state index < -0.39 is 0 Å². The number of amides is 1. The molecule has 0 radical (unpaired) electrons. The Balaban J connectivity index is 1.86. The van der Waals surface area contributed by atoms with Crippen molar-refractivity contribution < 1.29 is 23.8 Å². The normalized spacial score (nSPS) is 13.0. The Labute approximate surface area is 200 Å². The van der Waals surface area contributed by atoms with Gasteiger partial charge < -0.3 is 24.8 Å². The van der Waals surface area contributed by atoms with Crippen molar-refractivity contribution in [2.75, 3.05) is 27.4 Å². The fourth-order valence-electron chi connectivity index (χ4n) is 3.98. The third-order valence-corrected chi connectivity index (χ3v) is 5.79.